The van der Waals surface area contributed by atoms with Gasteiger partial charge in [-0.05, 0) is 42.1 Å². The van der Waals surface area contributed by atoms with Gasteiger partial charge < -0.3 is 15.4 Å². The van der Waals surface area contributed by atoms with Crippen LogP contribution in [-0.2, 0) is 16.1 Å². The maximum absolute atomic E-state index is 11.8. The molecule has 0 fully saturated rings. The van der Waals surface area contributed by atoms with Crippen molar-refractivity contribution in [3.05, 3.63) is 46.7 Å². The molecule has 0 saturated heterocycles. The highest BCUT2D eigenvalue weighted by molar-refractivity contribution is 7.09. The molecule has 0 radical (unpaired) electrons. The molecular formula is C16H18N2O3S. The Labute approximate surface area is 133 Å². The zero-order valence-electron chi connectivity index (χ0n) is 12.3. The van der Waals surface area contributed by atoms with Crippen molar-refractivity contribution in [1.29, 1.82) is 0 Å². The second-order valence-corrected chi connectivity index (χ2v) is 5.62. The molecular weight excluding hydrogens is 300 g/mol. The molecule has 0 aliphatic rings. The van der Waals surface area contributed by atoms with Crippen LogP contribution in [0.5, 0.6) is 5.75 Å². The summed E-state index contributed by atoms with van der Waals surface area (Å²) in [6.45, 7) is 3.04. The van der Waals surface area contributed by atoms with Gasteiger partial charge in [0, 0.05) is 10.6 Å². The number of thiophene rings is 1. The van der Waals surface area contributed by atoms with Crippen molar-refractivity contribution in [2.75, 3.05) is 11.9 Å². The van der Waals surface area contributed by atoms with Crippen molar-refractivity contribution < 1.29 is 14.3 Å². The van der Waals surface area contributed by atoms with Gasteiger partial charge in [-0.15, -0.1) is 11.3 Å². The predicted molar refractivity (Wildman–Crippen MR) is 87.0 cm³/mol. The highest BCUT2D eigenvalue weighted by atomic mass is 32.1. The molecule has 2 aromatic rings. The summed E-state index contributed by atoms with van der Waals surface area (Å²) < 4.78 is 5.45. The van der Waals surface area contributed by atoms with Gasteiger partial charge in [-0.1, -0.05) is 13.0 Å². The minimum absolute atomic E-state index is 0.355. The van der Waals surface area contributed by atoms with Crippen LogP contribution < -0.4 is 15.4 Å². The SMILES string of the molecule is CCCOc1ccc(NC(=O)C(=O)NCc2cccs2)cc1. The van der Waals surface area contributed by atoms with Crippen LogP contribution in [-0.4, -0.2) is 18.4 Å². The largest absolute Gasteiger partial charge is 0.494 e. The maximum atomic E-state index is 11.8. The van der Waals surface area contributed by atoms with E-state index in [0.29, 0.717) is 18.8 Å². The molecule has 0 saturated carbocycles. The molecule has 0 atom stereocenters. The van der Waals surface area contributed by atoms with E-state index in [1.807, 2.05) is 24.4 Å². The Balaban J connectivity index is 1.81. The Kier molecular flexibility index (Phi) is 5.97. The van der Waals surface area contributed by atoms with E-state index < -0.39 is 11.8 Å². The lowest BCUT2D eigenvalue weighted by Gasteiger charge is -2.07. The molecule has 0 bridgehead atoms. The van der Waals surface area contributed by atoms with E-state index in [4.69, 9.17) is 4.74 Å². The van der Waals surface area contributed by atoms with Crippen LogP contribution >= 0.6 is 11.3 Å². The Hall–Kier alpha value is -2.34. The average Bonchev–Trinajstić information content (AvgIpc) is 3.05. The minimum Gasteiger partial charge on any atom is -0.494 e. The van der Waals surface area contributed by atoms with Crippen LogP contribution in [0.3, 0.4) is 0 Å². The molecule has 0 unspecified atom stereocenters. The minimum atomic E-state index is -0.682. The molecule has 2 amide bonds. The number of carbonyl (C=O) groups excluding carboxylic acids is 2. The van der Waals surface area contributed by atoms with Crippen LogP contribution in [0.2, 0.25) is 0 Å². The van der Waals surface area contributed by atoms with Crippen molar-refractivity contribution in [2.45, 2.75) is 19.9 Å². The number of amides is 2. The summed E-state index contributed by atoms with van der Waals surface area (Å²) in [6, 6.07) is 10.7. The Morgan fingerprint density at radius 3 is 2.55 bits per heavy atom. The summed E-state index contributed by atoms with van der Waals surface area (Å²) in [5.41, 5.74) is 0.556. The quantitative estimate of drug-likeness (QED) is 0.805. The lowest BCUT2D eigenvalue weighted by Crippen LogP contribution is -2.34. The number of benzene rings is 1. The van der Waals surface area contributed by atoms with Gasteiger partial charge in [0.05, 0.1) is 13.2 Å². The molecule has 0 aliphatic carbocycles. The number of hydrogen-bond acceptors (Lipinski definition) is 4. The Morgan fingerprint density at radius 1 is 1.14 bits per heavy atom. The zero-order chi connectivity index (χ0) is 15.8. The number of anilines is 1. The normalized spacial score (nSPS) is 10.0. The molecule has 22 heavy (non-hydrogen) atoms. The van der Waals surface area contributed by atoms with E-state index in [0.717, 1.165) is 17.0 Å². The van der Waals surface area contributed by atoms with Crippen LogP contribution in [0, 0.1) is 0 Å². The van der Waals surface area contributed by atoms with Gasteiger partial charge in [-0.3, -0.25) is 9.59 Å². The van der Waals surface area contributed by atoms with Crippen LogP contribution in [0.25, 0.3) is 0 Å². The van der Waals surface area contributed by atoms with Gasteiger partial charge in [0.2, 0.25) is 0 Å². The lowest BCUT2D eigenvalue weighted by molar-refractivity contribution is -0.136. The number of ether oxygens (including phenoxy) is 1. The first-order valence-electron chi connectivity index (χ1n) is 7.03. The average molecular weight is 318 g/mol. The van der Waals surface area contributed by atoms with E-state index >= 15 is 0 Å². The highest BCUT2D eigenvalue weighted by Gasteiger charge is 2.13. The molecule has 0 spiro atoms. The van der Waals surface area contributed by atoms with Crippen molar-refractivity contribution >= 4 is 28.8 Å². The fourth-order valence-electron chi connectivity index (χ4n) is 1.70. The van der Waals surface area contributed by atoms with Crippen molar-refractivity contribution in [1.82, 2.24) is 5.32 Å². The summed E-state index contributed by atoms with van der Waals surface area (Å²) in [5, 5.41) is 7.05. The first-order valence-corrected chi connectivity index (χ1v) is 7.91. The summed E-state index contributed by atoms with van der Waals surface area (Å²) in [6.07, 6.45) is 0.933. The third-order valence-electron chi connectivity index (χ3n) is 2.79. The second kappa shape index (κ2) is 8.19. The first kappa shape index (κ1) is 16.0. The lowest BCUT2D eigenvalue weighted by atomic mass is 10.3. The topological polar surface area (TPSA) is 67.4 Å². The number of carbonyl (C=O) groups is 2. The fourth-order valence-corrected chi connectivity index (χ4v) is 2.35. The van der Waals surface area contributed by atoms with Gasteiger partial charge in [-0.2, -0.15) is 0 Å². The maximum Gasteiger partial charge on any atom is 0.313 e. The molecule has 5 nitrogen and oxygen atoms in total. The van der Waals surface area contributed by atoms with Crippen LogP contribution in [0.15, 0.2) is 41.8 Å². The van der Waals surface area contributed by atoms with Gasteiger partial charge in [0.15, 0.2) is 0 Å². The first-order chi connectivity index (χ1) is 10.7. The third kappa shape index (κ3) is 4.89. The summed E-state index contributed by atoms with van der Waals surface area (Å²) in [5.74, 6) is -0.597. The number of nitrogens with one attached hydrogen (secondary N) is 2. The van der Waals surface area contributed by atoms with Gasteiger partial charge in [0.1, 0.15) is 5.75 Å². The van der Waals surface area contributed by atoms with Crippen LogP contribution in [0.1, 0.15) is 18.2 Å². The van der Waals surface area contributed by atoms with E-state index in [1.54, 1.807) is 24.3 Å². The Morgan fingerprint density at radius 2 is 1.91 bits per heavy atom. The van der Waals surface area contributed by atoms with E-state index in [1.165, 1.54) is 11.3 Å². The highest BCUT2D eigenvalue weighted by Crippen LogP contribution is 2.15. The molecule has 1 aromatic heterocycles. The standard InChI is InChI=1S/C16H18N2O3S/c1-2-9-21-13-7-5-12(6-8-13)18-16(20)15(19)17-11-14-4-3-10-22-14/h3-8,10H,2,9,11H2,1H3,(H,17,19)(H,18,20). The molecule has 1 aromatic carbocycles. The fraction of sp³-hybridized carbons (Fsp3) is 0.250. The summed E-state index contributed by atoms with van der Waals surface area (Å²) >= 11 is 1.53. The molecule has 2 N–H and O–H groups in total. The third-order valence-corrected chi connectivity index (χ3v) is 3.67. The smallest absolute Gasteiger partial charge is 0.313 e. The van der Waals surface area contributed by atoms with Crippen molar-refractivity contribution in [3.63, 3.8) is 0 Å². The van der Waals surface area contributed by atoms with E-state index in [9.17, 15) is 9.59 Å². The molecule has 116 valence electrons. The van der Waals surface area contributed by atoms with Gasteiger partial charge in [0.25, 0.3) is 0 Å². The van der Waals surface area contributed by atoms with E-state index in [2.05, 4.69) is 10.6 Å². The van der Waals surface area contributed by atoms with E-state index in [-0.39, 0.29) is 0 Å². The number of rotatable bonds is 6. The van der Waals surface area contributed by atoms with Crippen molar-refractivity contribution in [2.24, 2.45) is 0 Å². The molecule has 2 rings (SSSR count). The van der Waals surface area contributed by atoms with Crippen molar-refractivity contribution in [3.8, 4) is 5.75 Å². The molecule has 1 heterocycles. The zero-order valence-corrected chi connectivity index (χ0v) is 13.1. The van der Waals surface area contributed by atoms with Crippen LogP contribution in [0.4, 0.5) is 5.69 Å². The Bertz CT molecular complexity index is 609. The summed E-state index contributed by atoms with van der Waals surface area (Å²) in [4.78, 5) is 24.5. The molecule has 6 heteroatoms. The van der Waals surface area contributed by atoms with Gasteiger partial charge in [-0.25, -0.2) is 0 Å². The molecule has 0 aliphatic heterocycles. The summed E-state index contributed by atoms with van der Waals surface area (Å²) in [7, 11) is 0. The predicted octanol–water partition coefficient (Wildman–Crippen LogP) is 2.79. The monoisotopic (exact) mass is 318 g/mol. The van der Waals surface area contributed by atoms with Gasteiger partial charge >= 0.3 is 11.8 Å². The second-order valence-electron chi connectivity index (χ2n) is 4.59. The number of hydrogen-bond donors (Lipinski definition) is 2.